The van der Waals surface area contributed by atoms with Crippen LogP contribution >= 0.6 is 0 Å². The van der Waals surface area contributed by atoms with Crippen LogP contribution in [0.5, 0.6) is 11.5 Å². The second-order valence-electron chi connectivity index (χ2n) is 8.39. The molecular formula is C26H24FN5O2. The molecule has 0 atom stereocenters. The molecule has 0 aliphatic carbocycles. The van der Waals surface area contributed by atoms with Crippen LogP contribution in [0.2, 0.25) is 0 Å². The maximum absolute atomic E-state index is 14.1. The van der Waals surface area contributed by atoms with Crippen LogP contribution in [0.4, 0.5) is 10.2 Å². The summed E-state index contributed by atoms with van der Waals surface area (Å²) in [6.45, 7) is 3.79. The number of hydrogen-bond donors (Lipinski definition) is 1. The Morgan fingerprint density at radius 3 is 2.59 bits per heavy atom. The predicted molar refractivity (Wildman–Crippen MR) is 126 cm³/mol. The van der Waals surface area contributed by atoms with Crippen molar-refractivity contribution in [2.75, 3.05) is 18.0 Å². The van der Waals surface area contributed by atoms with Gasteiger partial charge in [0.05, 0.1) is 11.7 Å². The van der Waals surface area contributed by atoms with Crippen molar-refractivity contribution in [3.63, 3.8) is 0 Å². The van der Waals surface area contributed by atoms with Gasteiger partial charge in [-0.25, -0.2) is 9.50 Å². The van der Waals surface area contributed by atoms with Gasteiger partial charge in [-0.15, -0.1) is 5.10 Å². The van der Waals surface area contributed by atoms with Crippen molar-refractivity contribution in [3.8, 4) is 28.7 Å². The largest absolute Gasteiger partial charge is 0.506 e. The highest BCUT2D eigenvalue weighted by molar-refractivity contribution is 5.85. The number of anilines is 1. The summed E-state index contributed by atoms with van der Waals surface area (Å²) in [5, 5.41) is 23.1. The number of piperidine rings is 1. The number of ether oxygens (including phenoxy) is 1. The van der Waals surface area contributed by atoms with Gasteiger partial charge in [0.1, 0.15) is 35.1 Å². The average Bonchev–Trinajstić information content (AvgIpc) is 3.19. The van der Waals surface area contributed by atoms with Crippen LogP contribution in [0.1, 0.15) is 30.9 Å². The summed E-state index contributed by atoms with van der Waals surface area (Å²) < 4.78 is 21.4. The normalized spacial score (nSPS) is 14.3. The van der Waals surface area contributed by atoms with Gasteiger partial charge in [-0.1, -0.05) is 19.1 Å². The van der Waals surface area contributed by atoms with Crippen LogP contribution in [0.3, 0.4) is 0 Å². The first-order valence-corrected chi connectivity index (χ1v) is 11.3. The van der Waals surface area contributed by atoms with Crippen molar-refractivity contribution in [1.29, 1.82) is 5.26 Å². The molecule has 0 amide bonds. The second-order valence-corrected chi connectivity index (χ2v) is 8.39. The zero-order chi connectivity index (χ0) is 23.7. The number of nitrogens with zero attached hydrogens (tertiary/aromatic N) is 5. The van der Waals surface area contributed by atoms with Crippen LogP contribution in [0.15, 0.2) is 54.9 Å². The minimum Gasteiger partial charge on any atom is -0.506 e. The van der Waals surface area contributed by atoms with Gasteiger partial charge in [-0.2, -0.15) is 9.65 Å². The number of aryl methyl sites for hydroxylation is 1. The minimum atomic E-state index is -0.870. The standard InChI is InChI=1S/C26H24FN5O2/c1-2-17-3-6-20(7-4-17)34-21-9-11-31(12-10-21)24-8-5-18(15-29-24)22-13-19(33)16-32-25(22)23(14-28)26(27)30-32/h3-8,13,15-16,21,33H,2,9-12H2,1H3. The molecule has 5 rings (SSSR count). The van der Waals surface area contributed by atoms with Gasteiger partial charge in [-0.3, -0.25) is 0 Å². The third-order valence-electron chi connectivity index (χ3n) is 6.24. The molecule has 3 aromatic heterocycles. The molecule has 0 bridgehead atoms. The molecule has 1 aromatic carbocycles. The molecule has 1 saturated heterocycles. The van der Waals surface area contributed by atoms with E-state index in [4.69, 9.17) is 4.74 Å². The first kappa shape index (κ1) is 21.7. The summed E-state index contributed by atoms with van der Waals surface area (Å²) >= 11 is 0. The fourth-order valence-corrected chi connectivity index (χ4v) is 4.39. The molecule has 0 unspecified atom stereocenters. The van der Waals surface area contributed by atoms with Crippen molar-refractivity contribution in [2.45, 2.75) is 32.3 Å². The molecule has 0 radical (unpaired) electrons. The van der Waals surface area contributed by atoms with Crippen LogP contribution < -0.4 is 9.64 Å². The molecule has 0 saturated carbocycles. The van der Waals surface area contributed by atoms with Crippen molar-refractivity contribution < 1.29 is 14.2 Å². The number of benzene rings is 1. The van der Waals surface area contributed by atoms with E-state index >= 15 is 0 Å². The van der Waals surface area contributed by atoms with Gasteiger partial charge in [0.2, 0.25) is 0 Å². The van der Waals surface area contributed by atoms with Crippen LogP contribution in [0, 0.1) is 17.3 Å². The third kappa shape index (κ3) is 4.13. The summed E-state index contributed by atoms with van der Waals surface area (Å²) in [5.41, 5.74) is 2.59. The topological polar surface area (TPSA) is 86.7 Å². The predicted octanol–water partition coefficient (Wildman–Crippen LogP) is 4.72. The molecule has 34 heavy (non-hydrogen) atoms. The van der Waals surface area contributed by atoms with E-state index in [-0.39, 0.29) is 17.4 Å². The number of rotatable bonds is 5. The van der Waals surface area contributed by atoms with Crippen LogP contribution in [0.25, 0.3) is 16.6 Å². The zero-order valence-corrected chi connectivity index (χ0v) is 18.8. The van der Waals surface area contributed by atoms with Gasteiger partial charge in [0, 0.05) is 43.3 Å². The molecule has 7 nitrogen and oxygen atoms in total. The molecule has 1 aliphatic rings. The van der Waals surface area contributed by atoms with E-state index in [9.17, 15) is 14.8 Å². The number of nitriles is 1. The number of pyridine rings is 2. The zero-order valence-electron chi connectivity index (χ0n) is 18.8. The van der Waals surface area contributed by atoms with Gasteiger partial charge < -0.3 is 14.7 Å². The molecule has 1 aliphatic heterocycles. The molecule has 0 spiro atoms. The van der Waals surface area contributed by atoms with E-state index in [2.05, 4.69) is 34.0 Å². The van der Waals surface area contributed by atoms with E-state index in [1.165, 1.54) is 22.3 Å². The molecule has 8 heteroatoms. The minimum absolute atomic E-state index is 0.0787. The number of hydrogen-bond acceptors (Lipinski definition) is 6. The van der Waals surface area contributed by atoms with Crippen molar-refractivity contribution in [3.05, 3.63) is 71.9 Å². The lowest BCUT2D eigenvalue weighted by Gasteiger charge is -2.33. The van der Waals surface area contributed by atoms with Gasteiger partial charge >= 0.3 is 0 Å². The lowest BCUT2D eigenvalue weighted by atomic mass is 10.0. The Hall–Kier alpha value is -4.12. The number of halogens is 1. The Morgan fingerprint density at radius 2 is 1.94 bits per heavy atom. The van der Waals surface area contributed by atoms with Crippen LogP contribution in [-0.4, -0.2) is 38.9 Å². The molecule has 4 heterocycles. The van der Waals surface area contributed by atoms with E-state index in [1.54, 1.807) is 6.20 Å². The van der Waals surface area contributed by atoms with Crippen molar-refractivity contribution >= 4 is 11.3 Å². The van der Waals surface area contributed by atoms with Gasteiger partial charge in [0.15, 0.2) is 0 Å². The highest BCUT2D eigenvalue weighted by atomic mass is 19.1. The monoisotopic (exact) mass is 457 g/mol. The maximum Gasteiger partial charge on any atom is 0.251 e. The summed E-state index contributed by atoms with van der Waals surface area (Å²) in [4.78, 5) is 6.81. The Labute approximate surface area is 196 Å². The first-order chi connectivity index (χ1) is 16.6. The second kappa shape index (κ2) is 9.02. The third-order valence-corrected chi connectivity index (χ3v) is 6.24. The molecule has 172 valence electrons. The Kier molecular flexibility index (Phi) is 5.76. The van der Waals surface area contributed by atoms with E-state index in [0.717, 1.165) is 43.9 Å². The average molecular weight is 458 g/mol. The van der Waals surface area contributed by atoms with E-state index in [0.29, 0.717) is 16.6 Å². The lowest BCUT2D eigenvalue weighted by Crippen LogP contribution is -2.38. The van der Waals surface area contributed by atoms with E-state index < -0.39 is 5.95 Å². The number of aromatic nitrogens is 3. The highest BCUT2D eigenvalue weighted by Crippen LogP contribution is 2.32. The van der Waals surface area contributed by atoms with Gasteiger partial charge in [0.25, 0.3) is 5.95 Å². The molecule has 4 aromatic rings. The van der Waals surface area contributed by atoms with Crippen LogP contribution in [-0.2, 0) is 6.42 Å². The quantitative estimate of drug-likeness (QED) is 0.467. The van der Waals surface area contributed by atoms with Crippen molar-refractivity contribution in [1.82, 2.24) is 14.6 Å². The SMILES string of the molecule is CCc1ccc(OC2CCN(c3ccc(-c4cc(O)cn5nc(F)c(C#N)c45)cn3)CC2)cc1. The Bertz CT molecular complexity index is 1350. The van der Waals surface area contributed by atoms with E-state index in [1.807, 2.05) is 30.3 Å². The molecular weight excluding hydrogens is 433 g/mol. The number of aromatic hydroxyl groups is 1. The Morgan fingerprint density at radius 1 is 1.18 bits per heavy atom. The molecule has 1 fully saturated rings. The summed E-state index contributed by atoms with van der Waals surface area (Å²) in [6.07, 6.45) is 5.92. The molecule has 1 N–H and O–H groups in total. The number of fused-ring (bicyclic) bond motifs is 1. The fourth-order valence-electron chi connectivity index (χ4n) is 4.39. The summed E-state index contributed by atoms with van der Waals surface area (Å²) in [7, 11) is 0. The summed E-state index contributed by atoms with van der Waals surface area (Å²) in [5.74, 6) is 0.796. The lowest BCUT2D eigenvalue weighted by molar-refractivity contribution is 0.170. The fraction of sp³-hybridized carbons (Fsp3) is 0.269. The highest BCUT2D eigenvalue weighted by Gasteiger charge is 2.22. The van der Waals surface area contributed by atoms with Crippen molar-refractivity contribution in [2.24, 2.45) is 0 Å². The first-order valence-electron chi connectivity index (χ1n) is 11.3. The maximum atomic E-state index is 14.1. The smallest absolute Gasteiger partial charge is 0.251 e. The summed E-state index contributed by atoms with van der Waals surface area (Å²) in [6, 6.07) is 15.4. The Balaban J connectivity index is 1.30. The van der Waals surface area contributed by atoms with Gasteiger partial charge in [-0.05, 0) is 42.3 Å².